The zero-order valence-corrected chi connectivity index (χ0v) is 37.3. The number of nitrogens with zero attached hydrogens (tertiary/aromatic N) is 6. The molecule has 0 saturated heterocycles. The van der Waals surface area contributed by atoms with Crippen molar-refractivity contribution in [1.29, 1.82) is 0 Å². The molecule has 64 heavy (non-hydrogen) atoms. The van der Waals surface area contributed by atoms with Gasteiger partial charge in [-0.25, -0.2) is 29.9 Å². The number of hydrogen-bond acceptors (Lipinski definition) is 10. The molecule has 4 aromatic heterocycles. The van der Waals surface area contributed by atoms with Gasteiger partial charge in [-0.2, -0.15) is 39.5 Å². The number of halogens is 13. The van der Waals surface area contributed by atoms with E-state index >= 15 is 0 Å². The Morgan fingerprint density at radius 3 is 1.42 bits per heavy atom. The van der Waals surface area contributed by atoms with E-state index in [1.165, 1.54) is 0 Å². The summed E-state index contributed by atoms with van der Waals surface area (Å²) in [6.07, 6.45) is -8.17. The van der Waals surface area contributed by atoms with Crippen molar-refractivity contribution in [2.45, 2.75) is 32.4 Å². The second-order valence-corrected chi connectivity index (χ2v) is 13.7. The molecule has 0 atom stereocenters. The van der Waals surface area contributed by atoms with Crippen LogP contribution in [0.15, 0.2) is 102 Å². The first kappa shape index (κ1) is 56.6. The smallest absolute Gasteiger partial charge is 0.451 e. The number of benzene rings is 3. The molecule has 0 radical (unpaired) electrons. The summed E-state index contributed by atoms with van der Waals surface area (Å²) in [4.78, 5) is 40.4. The Hall–Kier alpha value is -5.38. The fourth-order valence-electron chi connectivity index (χ4n) is 3.94. The van der Waals surface area contributed by atoms with Gasteiger partial charge in [0.15, 0.2) is 0 Å². The summed E-state index contributed by atoms with van der Waals surface area (Å²) in [5.41, 5.74) is 8.49. The standard InChI is InChI=1S/C11H5ClF3N3.C11H7ClF3N3.C6H6ClN.C5H2BrF3N2.2C2H4O2.Pd/c12-5-1-2-7-6(3-5)9-8(17-7)4-16-10(18-9)11(13,14)15;12-7-1-3-8(4-2-7)18-9-5-16-10(17-6-9)11(13,14)15;7-5-1-3-6(8)4-2-5;6-3-1-10-4(11-2-3)5(7,8)9;2*1-2(3)4;/h1-4,17H;1-6,18H;1-4H,8H2;1-2H;2*1H3,(H,3,4);. The number of anilines is 3. The second kappa shape index (κ2) is 25.8. The molecule has 7 aromatic rings. The van der Waals surface area contributed by atoms with Gasteiger partial charge >= 0.3 is 18.5 Å². The number of aromatic amines is 1. The van der Waals surface area contributed by atoms with Crippen molar-refractivity contribution in [2.24, 2.45) is 0 Å². The molecule has 0 saturated carbocycles. The van der Waals surface area contributed by atoms with Gasteiger partial charge in [0, 0.05) is 84.0 Å². The van der Waals surface area contributed by atoms with Crippen molar-refractivity contribution in [3.63, 3.8) is 0 Å². The topological polar surface area (TPSA) is 206 Å². The number of fused-ring (bicyclic) bond motifs is 3. The largest absolute Gasteiger partial charge is 0.481 e. The van der Waals surface area contributed by atoms with E-state index in [1.807, 2.05) is 0 Å². The Kier molecular flexibility index (Phi) is 22.8. The number of H-pyrrole nitrogens is 1. The molecule has 0 amide bonds. The van der Waals surface area contributed by atoms with Crippen LogP contribution in [0.1, 0.15) is 31.3 Å². The van der Waals surface area contributed by atoms with Gasteiger partial charge in [0.05, 0.1) is 39.8 Å². The summed E-state index contributed by atoms with van der Waals surface area (Å²) in [5.74, 6) is -5.11. The minimum absolute atomic E-state index is 0. The van der Waals surface area contributed by atoms with E-state index in [0.29, 0.717) is 42.3 Å². The van der Waals surface area contributed by atoms with Crippen LogP contribution in [0.4, 0.5) is 56.6 Å². The summed E-state index contributed by atoms with van der Waals surface area (Å²) in [6.45, 7) is 2.17. The number of nitrogens with two attached hydrogens (primary N) is 1. The molecule has 7 rings (SSSR count). The predicted molar refractivity (Wildman–Crippen MR) is 220 cm³/mol. The van der Waals surface area contributed by atoms with Crippen LogP contribution < -0.4 is 11.1 Å². The number of nitrogen functional groups attached to an aromatic ring is 1. The molecule has 27 heteroatoms. The van der Waals surface area contributed by atoms with Crippen molar-refractivity contribution in [3.8, 4) is 0 Å². The van der Waals surface area contributed by atoms with Gasteiger partial charge in [0.25, 0.3) is 11.9 Å². The monoisotopic (exact) mass is 1120 g/mol. The van der Waals surface area contributed by atoms with Gasteiger partial charge in [0.2, 0.25) is 17.5 Å². The van der Waals surface area contributed by atoms with E-state index in [4.69, 9.17) is 60.3 Å². The molecule has 0 bridgehead atoms. The zero-order valence-electron chi connectivity index (χ0n) is 31.9. The van der Waals surface area contributed by atoms with Gasteiger partial charge in [-0.05, 0) is 82.7 Å². The number of aromatic nitrogens is 7. The number of carbonyl (C=O) groups is 2. The van der Waals surface area contributed by atoms with Crippen LogP contribution in [0.5, 0.6) is 0 Å². The molecule has 0 aliphatic heterocycles. The van der Waals surface area contributed by atoms with Gasteiger partial charge in [-0.3, -0.25) is 9.59 Å². The molecular formula is C37H28BrCl3F9N9O4Pd. The normalized spacial score (nSPS) is 10.6. The van der Waals surface area contributed by atoms with Crippen LogP contribution >= 0.6 is 50.7 Å². The molecule has 13 nitrogen and oxygen atoms in total. The summed E-state index contributed by atoms with van der Waals surface area (Å²) in [6, 6.07) is 18.7. The molecule has 0 fully saturated rings. The van der Waals surface area contributed by atoms with E-state index in [1.54, 1.807) is 66.7 Å². The summed E-state index contributed by atoms with van der Waals surface area (Å²) in [7, 11) is 0. The minimum atomic E-state index is -4.56. The number of rotatable bonds is 2. The Morgan fingerprint density at radius 1 is 0.609 bits per heavy atom. The molecule has 0 spiro atoms. The van der Waals surface area contributed by atoms with E-state index in [-0.39, 0.29) is 25.9 Å². The Morgan fingerprint density at radius 2 is 1.00 bits per heavy atom. The van der Waals surface area contributed by atoms with Crippen molar-refractivity contribution < 1.29 is 79.7 Å². The average molecular weight is 1130 g/mol. The third-order valence-corrected chi connectivity index (χ3v) is 7.48. The number of alkyl halides is 9. The minimum Gasteiger partial charge on any atom is -0.481 e. The van der Waals surface area contributed by atoms with Crippen molar-refractivity contribution in [1.82, 2.24) is 34.9 Å². The SMILES string of the molecule is CC(=O)O.CC(=O)O.FC(F)(F)c1ncc(Br)cn1.FC(F)(F)c1ncc(Nc2ccc(Cl)cc2)cn1.FC(F)(F)c1ncc2[nH]c3ccc(Cl)cc3c2n1.Nc1ccc(Cl)cc1.[Pd]. The van der Waals surface area contributed by atoms with E-state index < -0.39 is 47.9 Å². The fourth-order valence-corrected chi connectivity index (χ4v) is 4.57. The summed E-state index contributed by atoms with van der Waals surface area (Å²) >= 11 is 20.0. The predicted octanol–water partition coefficient (Wildman–Crippen LogP) is 12.0. The Labute approximate surface area is 392 Å². The third-order valence-electron chi connectivity index (χ3n) is 6.33. The first-order chi connectivity index (χ1) is 29.1. The summed E-state index contributed by atoms with van der Waals surface area (Å²) in [5, 5.41) is 20.0. The van der Waals surface area contributed by atoms with Gasteiger partial charge in [0.1, 0.15) is 0 Å². The van der Waals surface area contributed by atoms with Gasteiger partial charge < -0.3 is 26.2 Å². The summed E-state index contributed by atoms with van der Waals surface area (Å²) < 4.78 is 110. The molecule has 4 heterocycles. The number of hydrogen-bond donors (Lipinski definition) is 5. The maximum Gasteiger partial charge on any atom is 0.451 e. The Bertz CT molecular complexity index is 2500. The second-order valence-electron chi connectivity index (χ2n) is 11.5. The Balaban J connectivity index is 0.000000415. The molecule has 0 aliphatic rings. The van der Waals surface area contributed by atoms with Crippen LogP contribution in [-0.2, 0) is 48.5 Å². The zero-order chi connectivity index (χ0) is 47.7. The molecule has 3 aromatic carbocycles. The van der Waals surface area contributed by atoms with Crippen molar-refractivity contribution >= 4 is 102 Å². The molecular weight excluding hydrogens is 1100 g/mol. The number of carboxylic acids is 2. The maximum atomic E-state index is 12.5. The molecule has 0 aliphatic carbocycles. The number of carboxylic acid groups (broad SMARTS) is 2. The molecule has 0 unspecified atom stereocenters. The van der Waals surface area contributed by atoms with E-state index in [0.717, 1.165) is 55.5 Å². The van der Waals surface area contributed by atoms with E-state index in [2.05, 4.69) is 56.1 Å². The van der Waals surface area contributed by atoms with Crippen LogP contribution in [0, 0.1) is 0 Å². The number of aliphatic carboxylic acids is 2. The van der Waals surface area contributed by atoms with Gasteiger partial charge in [-0.15, -0.1) is 0 Å². The van der Waals surface area contributed by atoms with Crippen molar-refractivity contribution in [2.75, 3.05) is 11.1 Å². The average Bonchev–Trinajstić information content (AvgIpc) is 3.54. The van der Waals surface area contributed by atoms with Crippen LogP contribution in [-0.4, -0.2) is 57.0 Å². The van der Waals surface area contributed by atoms with E-state index in [9.17, 15) is 39.5 Å². The molecule has 346 valence electrons. The van der Waals surface area contributed by atoms with Crippen LogP contribution in [0.25, 0.3) is 21.9 Å². The van der Waals surface area contributed by atoms with Gasteiger partial charge in [-0.1, -0.05) is 34.8 Å². The molecule has 6 N–H and O–H groups in total. The van der Waals surface area contributed by atoms with Crippen molar-refractivity contribution in [3.05, 3.63) is 135 Å². The number of nitrogens with one attached hydrogen (secondary N) is 2. The van der Waals surface area contributed by atoms with Crippen LogP contribution in [0.3, 0.4) is 0 Å². The maximum absolute atomic E-state index is 12.5. The quantitative estimate of drug-likeness (QED) is 0.0623. The third kappa shape index (κ3) is 21.3. The first-order valence-electron chi connectivity index (χ1n) is 16.5. The first-order valence-corrected chi connectivity index (χ1v) is 18.5. The fraction of sp³-hybridized carbons (Fsp3) is 0.135. The van der Waals surface area contributed by atoms with Crippen LogP contribution in [0.2, 0.25) is 15.1 Å².